The first kappa shape index (κ1) is 7.87. The summed E-state index contributed by atoms with van der Waals surface area (Å²) >= 11 is 5.71. The second kappa shape index (κ2) is 3.31. The Kier molecular flexibility index (Phi) is 2.17. The van der Waals surface area contributed by atoms with Crippen molar-refractivity contribution in [3.05, 3.63) is 23.4 Å². The van der Waals surface area contributed by atoms with Gasteiger partial charge in [-0.25, -0.2) is 4.98 Å². The molecule has 1 fully saturated rings. The maximum atomic E-state index is 5.71. The third kappa shape index (κ3) is 1.69. The van der Waals surface area contributed by atoms with Crippen LogP contribution in [0.5, 0.6) is 0 Å². The molecule has 0 radical (unpaired) electrons. The summed E-state index contributed by atoms with van der Waals surface area (Å²) in [5, 5.41) is 4.02. The van der Waals surface area contributed by atoms with Gasteiger partial charge in [0.05, 0.1) is 5.02 Å². The van der Waals surface area contributed by atoms with Gasteiger partial charge in [-0.05, 0) is 31.4 Å². The standard InChI is InChI=1S/C9H11ClN2/c10-7-4-5-9(11-6-7)12-8-2-1-3-8/h4-6,8H,1-3H2,(H,11,12). The van der Waals surface area contributed by atoms with E-state index in [4.69, 9.17) is 11.6 Å². The van der Waals surface area contributed by atoms with Crippen molar-refractivity contribution in [3.8, 4) is 0 Å². The van der Waals surface area contributed by atoms with Crippen LogP contribution in [-0.4, -0.2) is 11.0 Å². The number of anilines is 1. The Morgan fingerprint density at radius 1 is 1.42 bits per heavy atom. The van der Waals surface area contributed by atoms with Gasteiger partial charge in [-0.2, -0.15) is 0 Å². The molecule has 0 unspecified atom stereocenters. The second-order valence-electron chi connectivity index (χ2n) is 3.13. The molecule has 0 aliphatic heterocycles. The summed E-state index contributed by atoms with van der Waals surface area (Å²) in [5.41, 5.74) is 0. The van der Waals surface area contributed by atoms with Crippen LogP contribution in [0.2, 0.25) is 5.02 Å². The summed E-state index contributed by atoms with van der Waals surface area (Å²) in [5.74, 6) is 0.934. The van der Waals surface area contributed by atoms with E-state index in [-0.39, 0.29) is 0 Å². The first-order chi connectivity index (χ1) is 5.84. The highest BCUT2D eigenvalue weighted by atomic mass is 35.5. The van der Waals surface area contributed by atoms with Gasteiger partial charge in [0.25, 0.3) is 0 Å². The molecule has 3 heteroatoms. The summed E-state index contributed by atoms with van der Waals surface area (Å²) in [7, 11) is 0. The number of aromatic nitrogens is 1. The minimum absolute atomic E-state index is 0.638. The normalized spacial score (nSPS) is 17.1. The Hall–Kier alpha value is -0.760. The number of hydrogen-bond donors (Lipinski definition) is 1. The zero-order valence-electron chi connectivity index (χ0n) is 6.76. The minimum Gasteiger partial charge on any atom is -0.367 e. The summed E-state index contributed by atoms with van der Waals surface area (Å²) in [6, 6.07) is 4.41. The zero-order valence-corrected chi connectivity index (χ0v) is 7.51. The molecule has 1 aromatic rings. The minimum atomic E-state index is 0.638. The van der Waals surface area contributed by atoms with Gasteiger partial charge in [-0.15, -0.1) is 0 Å². The van der Waals surface area contributed by atoms with E-state index in [1.165, 1.54) is 19.3 Å². The van der Waals surface area contributed by atoms with Gasteiger partial charge in [0.15, 0.2) is 0 Å². The molecule has 2 nitrogen and oxygen atoms in total. The quantitative estimate of drug-likeness (QED) is 0.761. The van der Waals surface area contributed by atoms with Crippen LogP contribution < -0.4 is 5.32 Å². The van der Waals surface area contributed by atoms with Crippen LogP contribution in [0.3, 0.4) is 0 Å². The number of halogens is 1. The van der Waals surface area contributed by atoms with Crippen molar-refractivity contribution in [2.45, 2.75) is 25.3 Å². The lowest BCUT2D eigenvalue weighted by Gasteiger charge is -2.26. The van der Waals surface area contributed by atoms with Crippen LogP contribution in [0, 0.1) is 0 Å². The van der Waals surface area contributed by atoms with Gasteiger partial charge in [0.1, 0.15) is 5.82 Å². The molecule has 1 aliphatic carbocycles. The van der Waals surface area contributed by atoms with Crippen LogP contribution in [-0.2, 0) is 0 Å². The van der Waals surface area contributed by atoms with Crippen molar-refractivity contribution in [2.75, 3.05) is 5.32 Å². The predicted octanol–water partition coefficient (Wildman–Crippen LogP) is 2.70. The van der Waals surface area contributed by atoms with E-state index in [0.29, 0.717) is 11.1 Å². The lowest BCUT2D eigenvalue weighted by molar-refractivity contribution is 0.444. The average molecular weight is 183 g/mol. The third-order valence-corrected chi connectivity index (χ3v) is 2.41. The molecule has 2 rings (SSSR count). The van der Waals surface area contributed by atoms with Gasteiger partial charge in [0.2, 0.25) is 0 Å². The van der Waals surface area contributed by atoms with Crippen LogP contribution in [0.4, 0.5) is 5.82 Å². The smallest absolute Gasteiger partial charge is 0.126 e. The third-order valence-electron chi connectivity index (χ3n) is 2.18. The summed E-state index contributed by atoms with van der Waals surface area (Å²) in [4.78, 5) is 4.16. The van der Waals surface area contributed by atoms with E-state index in [9.17, 15) is 0 Å². The Morgan fingerprint density at radius 2 is 2.25 bits per heavy atom. The van der Waals surface area contributed by atoms with E-state index in [0.717, 1.165) is 5.82 Å². The fourth-order valence-electron chi connectivity index (χ4n) is 1.22. The van der Waals surface area contributed by atoms with E-state index in [1.807, 2.05) is 12.1 Å². The maximum absolute atomic E-state index is 5.71. The molecule has 0 amide bonds. The Bertz CT molecular complexity index is 254. The van der Waals surface area contributed by atoms with Gasteiger partial charge in [-0.3, -0.25) is 0 Å². The molecular formula is C9H11ClN2. The highest BCUT2D eigenvalue weighted by Gasteiger charge is 2.16. The van der Waals surface area contributed by atoms with Crippen LogP contribution >= 0.6 is 11.6 Å². The molecule has 12 heavy (non-hydrogen) atoms. The van der Waals surface area contributed by atoms with Crippen LogP contribution in [0.25, 0.3) is 0 Å². The highest BCUT2D eigenvalue weighted by molar-refractivity contribution is 6.30. The Labute approximate surface area is 77.0 Å². The number of nitrogens with one attached hydrogen (secondary N) is 1. The van der Waals surface area contributed by atoms with Gasteiger partial charge in [0, 0.05) is 12.2 Å². The maximum Gasteiger partial charge on any atom is 0.126 e. The molecule has 0 spiro atoms. The predicted molar refractivity (Wildman–Crippen MR) is 50.5 cm³/mol. The fraction of sp³-hybridized carbons (Fsp3) is 0.444. The molecule has 0 aromatic carbocycles. The zero-order chi connectivity index (χ0) is 8.39. The second-order valence-corrected chi connectivity index (χ2v) is 3.57. The molecule has 1 aromatic heterocycles. The number of nitrogens with zero attached hydrogens (tertiary/aromatic N) is 1. The number of hydrogen-bond acceptors (Lipinski definition) is 2. The van der Waals surface area contributed by atoms with E-state index >= 15 is 0 Å². The molecule has 1 saturated carbocycles. The summed E-state index contributed by atoms with van der Waals surface area (Å²) < 4.78 is 0. The topological polar surface area (TPSA) is 24.9 Å². The van der Waals surface area contributed by atoms with Crippen molar-refractivity contribution < 1.29 is 0 Å². The molecular weight excluding hydrogens is 172 g/mol. The fourth-order valence-corrected chi connectivity index (χ4v) is 1.33. The molecule has 1 aliphatic rings. The molecule has 0 atom stereocenters. The lowest BCUT2D eigenvalue weighted by atomic mass is 9.93. The van der Waals surface area contributed by atoms with E-state index in [1.54, 1.807) is 6.20 Å². The van der Waals surface area contributed by atoms with Crippen molar-refractivity contribution in [2.24, 2.45) is 0 Å². The van der Waals surface area contributed by atoms with Crippen molar-refractivity contribution >= 4 is 17.4 Å². The molecule has 64 valence electrons. The SMILES string of the molecule is Clc1ccc(NC2CCC2)nc1. The lowest BCUT2D eigenvalue weighted by Crippen LogP contribution is -2.27. The Balaban J connectivity index is 1.98. The summed E-state index contributed by atoms with van der Waals surface area (Å²) in [6.45, 7) is 0. The van der Waals surface area contributed by atoms with Gasteiger partial charge in [-0.1, -0.05) is 11.6 Å². The monoisotopic (exact) mass is 182 g/mol. The largest absolute Gasteiger partial charge is 0.367 e. The molecule has 0 bridgehead atoms. The molecule has 0 saturated heterocycles. The van der Waals surface area contributed by atoms with E-state index < -0.39 is 0 Å². The summed E-state index contributed by atoms with van der Waals surface area (Å²) in [6.07, 6.45) is 5.54. The van der Waals surface area contributed by atoms with Crippen molar-refractivity contribution in [1.29, 1.82) is 0 Å². The Morgan fingerprint density at radius 3 is 2.75 bits per heavy atom. The van der Waals surface area contributed by atoms with Gasteiger partial charge < -0.3 is 5.32 Å². The first-order valence-corrected chi connectivity index (χ1v) is 4.60. The highest BCUT2D eigenvalue weighted by Crippen LogP contribution is 2.22. The van der Waals surface area contributed by atoms with Crippen LogP contribution in [0.1, 0.15) is 19.3 Å². The van der Waals surface area contributed by atoms with Gasteiger partial charge >= 0.3 is 0 Å². The number of pyridine rings is 1. The van der Waals surface area contributed by atoms with E-state index in [2.05, 4.69) is 10.3 Å². The first-order valence-electron chi connectivity index (χ1n) is 4.23. The number of rotatable bonds is 2. The molecule has 1 N–H and O–H groups in total. The average Bonchev–Trinajstić information content (AvgIpc) is 2.00. The van der Waals surface area contributed by atoms with Crippen molar-refractivity contribution in [3.63, 3.8) is 0 Å². The van der Waals surface area contributed by atoms with Crippen molar-refractivity contribution in [1.82, 2.24) is 4.98 Å². The molecule has 1 heterocycles. The van der Waals surface area contributed by atoms with Crippen LogP contribution in [0.15, 0.2) is 18.3 Å².